The van der Waals surface area contributed by atoms with Gasteiger partial charge >= 0.3 is 6.03 Å². The summed E-state index contributed by atoms with van der Waals surface area (Å²) in [5.74, 6) is 0.350. The Balaban J connectivity index is 1.68. The Morgan fingerprint density at radius 2 is 1.94 bits per heavy atom. The molecule has 1 aliphatic carbocycles. The van der Waals surface area contributed by atoms with Crippen molar-refractivity contribution in [2.75, 3.05) is 19.8 Å². The Morgan fingerprint density at radius 3 is 2.56 bits per heavy atom. The molecule has 0 aromatic rings. The molecule has 2 N–H and O–H groups in total. The van der Waals surface area contributed by atoms with Gasteiger partial charge in [-0.3, -0.25) is 4.79 Å². The molecule has 2 saturated heterocycles. The number of rotatable bonds is 3. The summed E-state index contributed by atoms with van der Waals surface area (Å²) in [6.45, 7) is 4.60. The quantitative estimate of drug-likeness (QED) is 0.680. The molecular weight excluding hydrogens is 230 g/mol. The van der Waals surface area contributed by atoms with Crippen LogP contribution in [0.25, 0.3) is 0 Å². The first-order valence-corrected chi connectivity index (χ1v) is 7.09. The molecule has 1 saturated carbocycles. The second-order valence-electron chi connectivity index (χ2n) is 6.11. The molecule has 3 amide bonds. The Morgan fingerprint density at radius 1 is 1.28 bits per heavy atom. The van der Waals surface area contributed by atoms with Gasteiger partial charge in [-0.25, -0.2) is 9.69 Å². The van der Waals surface area contributed by atoms with E-state index in [1.165, 1.54) is 29.1 Å². The summed E-state index contributed by atoms with van der Waals surface area (Å²) in [5.41, 5.74) is -0.619. The second kappa shape index (κ2) is 4.23. The van der Waals surface area contributed by atoms with Crippen molar-refractivity contribution >= 4 is 11.9 Å². The molecule has 5 nitrogen and oxygen atoms in total. The molecular formula is C13H22N3O2+. The summed E-state index contributed by atoms with van der Waals surface area (Å²) in [4.78, 5) is 27.2. The fourth-order valence-electron chi connectivity index (χ4n) is 3.23. The van der Waals surface area contributed by atoms with E-state index in [0.717, 1.165) is 25.9 Å². The van der Waals surface area contributed by atoms with E-state index in [2.05, 4.69) is 5.32 Å². The van der Waals surface area contributed by atoms with Crippen LogP contribution < -0.4 is 10.2 Å². The maximum Gasteiger partial charge on any atom is 0.329 e. The third-order valence-corrected chi connectivity index (χ3v) is 4.64. The first-order chi connectivity index (χ1) is 8.61. The number of imide groups is 1. The molecule has 2 aliphatic heterocycles. The Hall–Kier alpha value is -1.10. The van der Waals surface area contributed by atoms with Crippen LogP contribution in [0.15, 0.2) is 0 Å². The van der Waals surface area contributed by atoms with Gasteiger partial charge in [-0.15, -0.1) is 0 Å². The van der Waals surface area contributed by atoms with Crippen LogP contribution in [0.5, 0.6) is 0 Å². The van der Waals surface area contributed by atoms with Crippen molar-refractivity contribution in [2.24, 2.45) is 5.92 Å². The average Bonchev–Trinajstić information content (AvgIpc) is 3.17. The molecule has 0 radical (unpaired) electrons. The first-order valence-electron chi connectivity index (χ1n) is 7.09. The lowest BCUT2D eigenvalue weighted by Gasteiger charge is -2.27. The van der Waals surface area contributed by atoms with E-state index in [0.29, 0.717) is 12.6 Å². The molecule has 1 atom stereocenters. The number of nitrogens with zero attached hydrogens (tertiary/aromatic N) is 1. The van der Waals surface area contributed by atoms with Crippen LogP contribution in [0, 0.1) is 5.92 Å². The zero-order valence-corrected chi connectivity index (χ0v) is 11.0. The van der Waals surface area contributed by atoms with Gasteiger partial charge in [0.15, 0.2) is 6.67 Å². The monoisotopic (exact) mass is 252 g/mol. The zero-order valence-electron chi connectivity index (χ0n) is 11.0. The van der Waals surface area contributed by atoms with Crippen molar-refractivity contribution in [3.05, 3.63) is 0 Å². The molecule has 3 rings (SSSR count). The second-order valence-corrected chi connectivity index (χ2v) is 6.11. The minimum absolute atomic E-state index is 0.00641. The molecule has 2 heterocycles. The van der Waals surface area contributed by atoms with E-state index in [-0.39, 0.29) is 11.9 Å². The Bertz CT molecular complexity index is 374. The fourth-order valence-corrected chi connectivity index (χ4v) is 3.23. The van der Waals surface area contributed by atoms with Gasteiger partial charge in [0, 0.05) is 0 Å². The molecule has 0 aromatic carbocycles. The van der Waals surface area contributed by atoms with Crippen molar-refractivity contribution in [2.45, 2.75) is 44.6 Å². The van der Waals surface area contributed by atoms with E-state index in [1.807, 2.05) is 6.92 Å². The van der Waals surface area contributed by atoms with E-state index >= 15 is 0 Å². The van der Waals surface area contributed by atoms with Crippen LogP contribution >= 0.6 is 0 Å². The highest BCUT2D eigenvalue weighted by atomic mass is 16.2. The van der Waals surface area contributed by atoms with E-state index in [4.69, 9.17) is 0 Å². The van der Waals surface area contributed by atoms with Crippen molar-refractivity contribution in [1.82, 2.24) is 10.2 Å². The van der Waals surface area contributed by atoms with Gasteiger partial charge in [-0.1, -0.05) is 0 Å². The van der Waals surface area contributed by atoms with Crippen LogP contribution in [-0.4, -0.2) is 42.1 Å². The average molecular weight is 252 g/mol. The number of carbonyl (C=O) groups excluding carboxylic acids is 2. The number of likely N-dealkylation sites (tertiary alicyclic amines) is 1. The van der Waals surface area contributed by atoms with E-state index in [9.17, 15) is 9.59 Å². The minimum atomic E-state index is -0.619. The maximum atomic E-state index is 12.4. The summed E-state index contributed by atoms with van der Waals surface area (Å²) in [7, 11) is 0. The fraction of sp³-hybridized carbons (Fsp3) is 0.846. The van der Waals surface area contributed by atoms with Crippen LogP contribution in [0.3, 0.4) is 0 Å². The minimum Gasteiger partial charge on any atom is -0.323 e. The molecule has 0 unspecified atom stereocenters. The maximum absolute atomic E-state index is 12.4. The number of nitrogens with one attached hydrogen (secondary N) is 2. The van der Waals surface area contributed by atoms with Crippen molar-refractivity contribution in [3.63, 3.8) is 0 Å². The molecule has 18 heavy (non-hydrogen) atoms. The largest absolute Gasteiger partial charge is 0.329 e. The lowest BCUT2D eigenvalue weighted by atomic mass is 9.96. The summed E-state index contributed by atoms with van der Waals surface area (Å²) in [6, 6.07) is -0.188. The van der Waals surface area contributed by atoms with Gasteiger partial charge in [0.25, 0.3) is 5.91 Å². The number of piperidine rings is 1. The SMILES string of the molecule is C[C@@]1(C2CC2)NC(=O)N(C[NH+]2CCCCC2)C1=O. The zero-order chi connectivity index (χ0) is 12.8. The molecule has 3 fully saturated rings. The number of quaternary nitrogens is 1. The van der Waals surface area contributed by atoms with Crippen LogP contribution in [0.4, 0.5) is 4.79 Å². The summed E-state index contributed by atoms with van der Waals surface area (Å²) in [5, 5.41) is 2.91. The van der Waals surface area contributed by atoms with E-state index in [1.54, 1.807) is 0 Å². The lowest BCUT2D eigenvalue weighted by molar-refractivity contribution is -0.912. The van der Waals surface area contributed by atoms with E-state index < -0.39 is 5.54 Å². The number of carbonyl (C=O) groups is 2. The number of urea groups is 1. The van der Waals surface area contributed by atoms with Gasteiger partial charge in [0.2, 0.25) is 0 Å². The highest BCUT2D eigenvalue weighted by Gasteiger charge is 2.56. The summed E-state index contributed by atoms with van der Waals surface area (Å²) < 4.78 is 0. The topological polar surface area (TPSA) is 53.9 Å². The van der Waals surface area contributed by atoms with Gasteiger partial charge in [0.05, 0.1) is 13.1 Å². The van der Waals surface area contributed by atoms with Gasteiger partial charge in [-0.2, -0.15) is 0 Å². The molecule has 100 valence electrons. The third-order valence-electron chi connectivity index (χ3n) is 4.64. The van der Waals surface area contributed by atoms with Crippen LogP contribution in [-0.2, 0) is 4.79 Å². The van der Waals surface area contributed by atoms with Crippen molar-refractivity contribution in [3.8, 4) is 0 Å². The normalized spacial score (nSPS) is 33.9. The van der Waals surface area contributed by atoms with Crippen molar-refractivity contribution in [1.29, 1.82) is 0 Å². The predicted molar refractivity (Wildman–Crippen MR) is 65.9 cm³/mol. The summed E-state index contributed by atoms with van der Waals surface area (Å²) in [6.07, 6.45) is 5.82. The third kappa shape index (κ3) is 1.90. The molecule has 5 heteroatoms. The Kier molecular flexibility index (Phi) is 2.81. The lowest BCUT2D eigenvalue weighted by Crippen LogP contribution is -3.14. The molecule has 0 bridgehead atoms. The molecule has 3 aliphatic rings. The number of hydrogen-bond acceptors (Lipinski definition) is 2. The smallest absolute Gasteiger partial charge is 0.323 e. The predicted octanol–water partition coefficient (Wildman–Crippen LogP) is -0.267. The van der Waals surface area contributed by atoms with Gasteiger partial charge < -0.3 is 10.2 Å². The van der Waals surface area contributed by atoms with Crippen LogP contribution in [0.1, 0.15) is 39.0 Å². The molecule has 0 spiro atoms. The number of amides is 3. The van der Waals surface area contributed by atoms with Crippen LogP contribution in [0.2, 0.25) is 0 Å². The highest BCUT2D eigenvalue weighted by molar-refractivity contribution is 6.07. The highest BCUT2D eigenvalue weighted by Crippen LogP contribution is 2.42. The first kappa shape index (κ1) is 12.0. The summed E-state index contributed by atoms with van der Waals surface area (Å²) >= 11 is 0. The number of hydrogen-bond donors (Lipinski definition) is 2. The van der Waals surface area contributed by atoms with Gasteiger partial charge in [-0.05, 0) is 44.9 Å². The Labute approximate surface area is 107 Å². The van der Waals surface area contributed by atoms with Gasteiger partial charge in [0.1, 0.15) is 5.54 Å². The standard InChI is InChI=1S/C13H21N3O2/c1-13(10-5-6-10)11(17)16(12(18)14-13)9-15-7-3-2-4-8-15/h10H,2-9H2,1H3,(H,14,18)/p+1/t13-/m0/s1. The van der Waals surface area contributed by atoms with Crippen molar-refractivity contribution < 1.29 is 14.5 Å². The molecule has 0 aromatic heterocycles.